The maximum Gasteiger partial charge on any atom is 0.323 e. The Kier molecular flexibility index (Phi) is 4.44. The summed E-state index contributed by atoms with van der Waals surface area (Å²) >= 11 is 0. The summed E-state index contributed by atoms with van der Waals surface area (Å²) in [5.41, 5.74) is 0.692. The van der Waals surface area contributed by atoms with Crippen molar-refractivity contribution in [1.29, 1.82) is 0 Å². The standard InChI is InChI=1S/C13H17FN2O3/c1-2-11(10-4-3-9(14)7-15-10)16-5-6-19-8-12(16)13(17)18/h3-4,7,11-12H,2,5-6,8H2,1H3,(H,17,18). The third-order valence-electron chi connectivity index (χ3n) is 3.33. The predicted molar refractivity (Wildman–Crippen MR) is 66.2 cm³/mol. The van der Waals surface area contributed by atoms with Gasteiger partial charge in [-0.3, -0.25) is 14.7 Å². The number of ether oxygens (including phenoxy) is 1. The first kappa shape index (κ1) is 13.9. The number of carboxylic acid groups (broad SMARTS) is 1. The van der Waals surface area contributed by atoms with E-state index >= 15 is 0 Å². The van der Waals surface area contributed by atoms with Gasteiger partial charge in [-0.1, -0.05) is 6.92 Å². The van der Waals surface area contributed by atoms with Gasteiger partial charge < -0.3 is 9.84 Å². The molecule has 1 saturated heterocycles. The van der Waals surface area contributed by atoms with Crippen LogP contribution in [0.3, 0.4) is 0 Å². The van der Waals surface area contributed by atoms with Crippen LogP contribution in [0.4, 0.5) is 4.39 Å². The fourth-order valence-corrected chi connectivity index (χ4v) is 2.40. The van der Waals surface area contributed by atoms with E-state index in [-0.39, 0.29) is 12.6 Å². The highest BCUT2D eigenvalue weighted by atomic mass is 19.1. The molecule has 0 amide bonds. The number of hydrogen-bond donors (Lipinski definition) is 1. The van der Waals surface area contributed by atoms with Crippen LogP contribution in [0.25, 0.3) is 0 Å². The Morgan fingerprint density at radius 2 is 2.47 bits per heavy atom. The molecule has 1 aliphatic heterocycles. The molecule has 0 aliphatic carbocycles. The summed E-state index contributed by atoms with van der Waals surface area (Å²) < 4.78 is 18.1. The number of morpholine rings is 1. The Hall–Kier alpha value is -1.53. The van der Waals surface area contributed by atoms with E-state index in [1.807, 2.05) is 11.8 Å². The van der Waals surface area contributed by atoms with Gasteiger partial charge in [0.1, 0.15) is 11.9 Å². The lowest BCUT2D eigenvalue weighted by atomic mass is 10.0. The summed E-state index contributed by atoms with van der Waals surface area (Å²) in [7, 11) is 0. The van der Waals surface area contributed by atoms with Gasteiger partial charge in [0.05, 0.1) is 31.1 Å². The van der Waals surface area contributed by atoms with Gasteiger partial charge in [-0.15, -0.1) is 0 Å². The maximum absolute atomic E-state index is 12.9. The number of carboxylic acids is 1. The first-order valence-corrected chi connectivity index (χ1v) is 6.31. The predicted octanol–water partition coefficient (Wildman–Crippen LogP) is 1.46. The van der Waals surface area contributed by atoms with Crippen LogP contribution in [0.2, 0.25) is 0 Å². The van der Waals surface area contributed by atoms with Gasteiger partial charge >= 0.3 is 5.97 Å². The lowest BCUT2D eigenvalue weighted by Gasteiger charge is -2.38. The molecule has 2 atom stereocenters. The van der Waals surface area contributed by atoms with Crippen LogP contribution in [0.15, 0.2) is 18.3 Å². The zero-order chi connectivity index (χ0) is 13.8. The number of pyridine rings is 1. The van der Waals surface area contributed by atoms with Gasteiger partial charge in [0, 0.05) is 6.54 Å². The Bertz CT molecular complexity index is 438. The molecule has 1 aromatic heterocycles. The molecular formula is C13H17FN2O3. The Balaban J connectivity index is 2.24. The summed E-state index contributed by atoms with van der Waals surface area (Å²) in [5.74, 6) is -1.30. The lowest BCUT2D eigenvalue weighted by Crippen LogP contribution is -2.51. The van der Waals surface area contributed by atoms with Gasteiger partial charge in [-0.2, -0.15) is 0 Å². The molecule has 1 aliphatic rings. The van der Waals surface area contributed by atoms with E-state index in [0.29, 0.717) is 25.3 Å². The smallest absolute Gasteiger partial charge is 0.323 e. The molecular weight excluding hydrogens is 251 g/mol. The molecule has 1 N–H and O–H groups in total. The molecule has 19 heavy (non-hydrogen) atoms. The van der Waals surface area contributed by atoms with Crippen molar-refractivity contribution in [3.63, 3.8) is 0 Å². The van der Waals surface area contributed by atoms with Crippen LogP contribution in [-0.4, -0.2) is 46.8 Å². The SMILES string of the molecule is CCC(c1ccc(F)cn1)N1CCOCC1C(=O)O. The van der Waals surface area contributed by atoms with Crippen molar-refractivity contribution in [3.05, 3.63) is 29.8 Å². The van der Waals surface area contributed by atoms with Gasteiger partial charge in [-0.25, -0.2) is 4.39 Å². The van der Waals surface area contributed by atoms with E-state index in [1.54, 1.807) is 6.07 Å². The summed E-state index contributed by atoms with van der Waals surface area (Å²) in [6.45, 7) is 3.17. The minimum absolute atomic E-state index is 0.134. The number of hydrogen-bond acceptors (Lipinski definition) is 4. The van der Waals surface area contributed by atoms with Crippen molar-refractivity contribution in [2.45, 2.75) is 25.4 Å². The molecule has 2 heterocycles. The second kappa shape index (κ2) is 6.08. The molecule has 0 aromatic carbocycles. The Morgan fingerprint density at radius 1 is 1.68 bits per heavy atom. The number of rotatable bonds is 4. The third kappa shape index (κ3) is 3.08. The molecule has 1 aromatic rings. The van der Waals surface area contributed by atoms with E-state index in [2.05, 4.69) is 4.98 Å². The molecule has 1 fully saturated rings. The van der Waals surface area contributed by atoms with E-state index in [9.17, 15) is 14.3 Å². The molecule has 2 unspecified atom stereocenters. The fourth-order valence-electron chi connectivity index (χ4n) is 2.40. The highest BCUT2D eigenvalue weighted by molar-refractivity contribution is 5.73. The second-order valence-electron chi connectivity index (χ2n) is 4.49. The Labute approximate surface area is 111 Å². The monoisotopic (exact) mass is 268 g/mol. The molecule has 0 saturated carbocycles. The van der Waals surface area contributed by atoms with Crippen LogP contribution < -0.4 is 0 Å². The molecule has 6 heteroatoms. The minimum Gasteiger partial charge on any atom is -0.480 e. The van der Waals surface area contributed by atoms with Crippen molar-refractivity contribution < 1.29 is 19.0 Å². The second-order valence-corrected chi connectivity index (χ2v) is 4.49. The quantitative estimate of drug-likeness (QED) is 0.895. The first-order valence-electron chi connectivity index (χ1n) is 6.31. The zero-order valence-electron chi connectivity index (χ0n) is 10.8. The van der Waals surface area contributed by atoms with Crippen LogP contribution in [0, 0.1) is 5.82 Å². The number of nitrogens with zero attached hydrogens (tertiary/aromatic N) is 2. The normalized spacial score (nSPS) is 22.1. The van der Waals surface area contributed by atoms with E-state index in [1.165, 1.54) is 6.07 Å². The van der Waals surface area contributed by atoms with Crippen LogP contribution in [0.5, 0.6) is 0 Å². The van der Waals surface area contributed by atoms with Crippen molar-refractivity contribution in [2.75, 3.05) is 19.8 Å². The lowest BCUT2D eigenvalue weighted by molar-refractivity contribution is -0.151. The highest BCUT2D eigenvalue weighted by Crippen LogP contribution is 2.26. The average molecular weight is 268 g/mol. The molecule has 0 radical (unpaired) electrons. The van der Waals surface area contributed by atoms with Gasteiger partial charge in [0.15, 0.2) is 0 Å². The summed E-state index contributed by atoms with van der Waals surface area (Å²) in [6, 6.07) is 2.15. The van der Waals surface area contributed by atoms with Gasteiger partial charge in [-0.05, 0) is 18.6 Å². The van der Waals surface area contributed by atoms with Crippen molar-refractivity contribution >= 4 is 5.97 Å². The van der Waals surface area contributed by atoms with Crippen molar-refractivity contribution in [2.24, 2.45) is 0 Å². The van der Waals surface area contributed by atoms with Crippen molar-refractivity contribution in [3.8, 4) is 0 Å². The first-order chi connectivity index (χ1) is 9.13. The zero-order valence-corrected chi connectivity index (χ0v) is 10.8. The van der Waals surface area contributed by atoms with Gasteiger partial charge in [0.25, 0.3) is 0 Å². The number of carbonyl (C=O) groups is 1. The molecule has 104 valence electrons. The topological polar surface area (TPSA) is 62.7 Å². The van der Waals surface area contributed by atoms with Crippen LogP contribution in [0.1, 0.15) is 25.1 Å². The van der Waals surface area contributed by atoms with E-state index < -0.39 is 17.8 Å². The van der Waals surface area contributed by atoms with E-state index in [0.717, 1.165) is 6.20 Å². The third-order valence-corrected chi connectivity index (χ3v) is 3.33. The summed E-state index contributed by atoms with van der Waals surface area (Å²) in [5, 5.41) is 9.24. The number of aromatic nitrogens is 1. The highest BCUT2D eigenvalue weighted by Gasteiger charge is 2.34. The van der Waals surface area contributed by atoms with E-state index in [4.69, 9.17) is 4.74 Å². The molecule has 2 rings (SSSR count). The van der Waals surface area contributed by atoms with Crippen molar-refractivity contribution in [1.82, 2.24) is 9.88 Å². The number of halogens is 1. The Morgan fingerprint density at radius 3 is 3.05 bits per heavy atom. The fraction of sp³-hybridized carbons (Fsp3) is 0.538. The van der Waals surface area contributed by atoms with Crippen LogP contribution in [-0.2, 0) is 9.53 Å². The molecule has 0 spiro atoms. The summed E-state index contributed by atoms with van der Waals surface area (Å²) in [4.78, 5) is 17.2. The molecule has 0 bridgehead atoms. The maximum atomic E-state index is 12.9. The van der Waals surface area contributed by atoms with Gasteiger partial charge in [0.2, 0.25) is 0 Å². The number of aliphatic carboxylic acids is 1. The molecule has 5 nitrogen and oxygen atoms in total. The van der Waals surface area contributed by atoms with Crippen LogP contribution >= 0.6 is 0 Å². The largest absolute Gasteiger partial charge is 0.480 e. The summed E-state index contributed by atoms with van der Waals surface area (Å²) in [6.07, 6.45) is 1.87. The average Bonchev–Trinajstić information content (AvgIpc) is 2.42. The minimum atomic E-state index is -0.903.